The Kier molecular flexibility index (Phi) is 1.60. The minimum atomic E-state index is 0.824. The summed E-state index contributed by atoms with van der Waals surface area (Å²) in [5.41, 5.74) is 1.39. The molecule has 2 heteroatoms. The van der Waals surface area contributed by atoms with Crippen LogP contribution in [-0.2, 0) is 4.74 Å². The third-order valence-corrected chi connectivity index (χ3v) is 2.19. The number of hydrogen-bond acceptors (Lipinski definition) is 2. The van der Waals surface area contributed by atoms with E-state index in [1.165, 1.54) is 18.5 Å². The van der Waals surface area contributed by atoms with E-state index in [4.69, 9.17) is 4.74 Å². The molecule has 0 bridgehead atoms. The molecule has 0 spiro atoms. The van der Waals surface area contributed by atoms with Crippen molar-refractivity contribution in [2.75, 3.05) is 13.7 Å². The summed E-state index contributed by atoms with van der Waals surface area (Å²) >= 11 is 0. The standard InChI is InChI=1S/C9H13NO/c1-11-8-4-5-9(10-6-8)7-2-3-7/h4-5,7,10H,2-3,6H2,1H3. The van der Waals surface area contributed by atoms with E-state index in [1.807, 2.05) is 0 Å². The van der Waals surface area contributed by atoms with Crippen LogP contribution >= 0.6 is 0 Å². The normalized spacial score (nSPS) is 23.4. The molecule has 0 amide bonds. The van der Waals surface area contributed by atoms with Gasteiger partial charge in [-0.15, -0.1) is 0 Å². The van der Waals surface area contributed by atoms with Crippen molar-refractivity contribution in [3.8, 4) is 0 Å². The first kappa shape index (κ1) is 6.77. The molecule has 0 radical (unpaired) electrons. The quantitative estimate of drug-likeness (QED) is 0.644. The van der Waals surface area contributed by atoms with Crippen LogP contribution in [0.25, 0.3) is 0 Å². The summed E-state index contributed by atoms with van der Waals surface area (Å²) in [5, 5.41) is 3.35. The van der Waals surface area contributed by atoms with E-state index >= 15 is 0 Å². The zero-order chi connectivity index (χ0) is 7.68. The van der Waals surface area contributed by atoms with Crippen LogP contribution in [0, 0.1) is 5.92 Å². The highest BCUT2D eigenvalue weighted by Crippen LogP contribution is 2.35. The lowest BCUT2D eigenvalue weighted by Gasteiger charge is -2.15. The fourth-order valence-corrected chi connectivity index (χ4v) is 1.30. The third kappa shape index (κ3) is 1.39. The average molecular weight is 151 g/mol. The van der Waals surface area contributed by atoms with Crippen LogP contribution in [0.3, 0.4) is 0 Å². The van der Waals surface area contributed by atoms with Crippen LogP contribution in [0.2, 0.25) is 0 Å². The van der Waals surface area contributed by atoms with Gasteiger partial charge in [0, 0.05) is 5.70 Å². The summed E-state index contributed by atoms with van der Waals surface area (Å²) in [6.07, 6.45) is 6.91. The zero-order valence-electron chi connectivity index (χ0n) is 6.76. The lowest BCUT2D eigenvalue weighted by atomic mass is 10.2. The van der Waals surface area contributed by atoms with Gasteiger partial charge in [0.1, 0.15) is 5.76 Å². The van der Waals surface area contributed by atoms with Crippen molar-refractivity contribution in [3.05, 3.63) is 23.6 Å². The molecule has 2 rings (SSSR count). The molecule has 2 nitrogen and oxygen atoms in total. The summed E-state index contributed by atoms with van der Waals surface area (Å²) < 4.78 is 5.09. The van der Waals surface area contributed by atoms with Crippen LogP contribution in [0.5, 0.6) is 0 Å². The van der Waals surface area contributed by atoms with Crippen LogP contribution in [0.4, 0.5) is 0 Å². The average Bonchev–Trinajstić information content (AvgIpc) is 2.87. The smallest absolute Gasteiger partial charge is 0.115 e. The van der Waals surface area contributed by atoms with Crippen molar-refractivity contribution in [1.82, 2.24) is 5.32 Å². The van der Waals surface area contributed by atoms with Crippen molar-refractivity contribution < 1.29 is 4.74 Å². The molecule has 0 atom stereocenters. The highest BCUT2D eigenvalue weighted by molar-refractivity contribution is 5.24. The molecule has 0 aromatic rings. The first-order chi connectivity index (χ1) is 5.40. The molecule has 0 unspecified atom stereocenters. The summed E-state index contributed by atoms with van der Waals surface area (Å²) in [5.74, 6) is 1.85. The Morgan fingerprint density at radius 3 is 2.73 bits per heavy atom. The van der Waals surface area contributed by atoms with Crippen molar-refractivity contribution in [2.24, 2.45) is 5.92 Å². The maximum atomic E-state index is 5.09. The predicted octanol–water partition coefficient (Wildman–Crippen LogP) is 1.41. The summed E-state index contributed by atoms with van der Waals surface area (Å²) in [4.78, 5) is 0. The van der Waals surface area contributed by atoms with Crippen molar-refractivity contribution in [2.45, 2.75) is 12.8 Å². The number of nitrogens with one attached hydrogen (secondary N) is 1. The minimum Gasteiger partial charge on any atom is -0.499 e. The van der Waals surface area contributed by atoms with Gasteiger partial charge in [0.25, 0.3) is 0 Å². The molecular weight excluding hydrogens is 138 g/mol. The molecular formula is C9H13NO. The second-order valence-electron chi connectivity index (χ2n) is 3.09. The van der Waals surface area contributed by atoms with E-state index in [2.05, 4.69) is 17.5 Å². The Balaban J connectivity index is 2.03. The predicted molar refractivity (Wildman–Crippen MR) is 43.9 cm³/mol. The van der Waals surface area contributed by atoms with E-state index < -0.39 is 0 Å². The zero-order valence-corrected chi connectivity index (χ0v) is 6.76. The molecule has 0 saturated heterocycles. The number of methoxy groups -OCH3 is 1. The Morgan fingerprint density at radius 2 is 2.27 bits per heavy atom. The van der Waals surface area contributed by atoms with Gasteiger partial charge in [0.2, 0.25) is 0 Å². The van der Waals surface area contributed by atoms with Gasteiger partial charge in [-0.3, -0.25) is 0 Å². The summed E-state index contributed by atoms with van der Waals surface area (Å²) in [6.45, 7) is 0.860. The third-order valence-electron chi connectivity index (χ3n) is 2.19. The van der Waals surface area contributed by atoms with E-state index in [-0.39, 0.29) is 0 Å². The first-order valence-electron chi connectivity index (χ1n) is 4.09. The lowest BCUT2D eigenvalue weighted by Crippen LogP contribution is -2.21. The van der Waals surface area contributed by atoms with Crippen LogP contribution < -0.4 is 5.32 Å². The van der Waals surface area contributed by atoms with Crippen LogP contribution in [0.1, 0.15) is 12.8 Å². The molecule has 0 aromatic heterocycles. The lowest BCUT2D eigenvalue weighted by molar-refractivity contribution is 0.279. The summed E-state index contributed by atoms with van der Waals surface area (Å²) in [7, 11) is 1.71. The van der Waals surface area contributed by atoms with Gasteiger partial charge < -0.3 is 10.1 Å². The maximum absolute atomic E-state index is 5.09. The topological polar surface area (TPSA) is 21.3 Å². The van der Waals surface area contributed by atoms with Crippen molar-refractivity contribution >= 4 is 0 Å². The largest absolute Gasteiger partial charge is 0.499 e. The Labute approximate surface area is 66.9 Å². The van der Waals surface area contributed by atoms with Gasteiger partial charge in [-0.1, -0.05) is 0 Å². The highest BCUT2D eigenvalue weighted by atomic mass is 16.5. The Hall–Kier alpha value is -0.920. The fourth-order valence-electron chi connectivity index (χ4n) is 1.30. The van der Waals surface area contributed by atoms with Crippen molar-refractivity contribution in [1.29, 1.82) is 0 Å². The number of rotatable bonds is 2. The second kappa shape index (κ2) is 2.61. The monoisotopic (exact) mass is 151 g/mol. The molecule has 2 aliphatic rings. The summed E-state index contributed by atoms with van der Waals surface area (Å²) in [6, 6.07) is 0. The molecule has 11 heavy (non-hydrogen) atoms. The first-order valence-corrected chi connectivity index (χ1v) is 4.09. The molecule has 1 aliphatic carbocycles. The molecule has 60 valence electrons. The van der Waals surface area contributed by atoms with Gasteiger partial charge >= 0.3 is 0 Å². The van der Waals surface area contributed by atoms with Crippen LogP contribution in [-0.4, -0.2) is 13.7 Å². The fraction of sp³-hybridized carbons (Fsp3) is 0.556. The SMILES string of the molecule is COC1=CC=C(C2CC2)NC1. The molecule has 1 aliphatic heterocycles. The molecule has 1 fully saturated rings. The van der Waals surface area contributed by atoms with E-state index in [0.29, 0.717) is 0 Å². The molecule has 1 N–H and O–H groups in total. The Bertz CT molecular complexity index is 214. The number of ether oxygens (including phenoxy) is 1. The molecule has 1 heterocycles. The van der Waals surface area contributed by atoms with Crippen LogP contribution in [0.15, 0.2) is 23.6 Å². The van der Waals surface area contributed by atoms with Crippen molar-refractivity contribution in [3.63, 3.8) is 0 Å². The number of hydrogen-bond donors (Lipinski definition) is 1. The van der Waals surface area contributed by atoms with Gasteiger partial charge in [-0.25, -0.2) is 0 Å². The van der Waals surface area contributed by atoms with Gasteiger partial charge in [0.05, 0.1) is 13.7 Å². The van der Waals surface area contributed by atoms with Gasteiger partial charge in [-0.05, 0) is 30.9 Å². The number of dihydropyridines is 1. The highest BCUT2D eigenvalue weighted by Gasteiger charge is 2.26. The van der Waals surface area contributed by atoms with E-state index in [0.717, 1.165) is 18.2 Å². The van der Waals surface area contributed by atoms with E-state index in [9.17, 15) is 0 Å². The Morgan fingerprint density at radius 1 is 1.45 bits per heavy atom. The molecule has 1 saturated carbocycles. The minimum absolute atomic E-state index is 0.824. The van der Waals surface area contributed by atoms with E-state index in [1.54, 1.807) is 7.11 Å². The second-order valence-corrected chi connectivity index (χ2v) is 3.09. The maximum Gasteiger partial charge on any atom is 0.115 e. The van der Waals surface area contributed by atoms with Gasteiger partial charge in [0.15, 0.2) is 0 Å². The number of allylic oxidation sites excluding steroid dienone is 3. The van der Waals surface area contributed by atoms with Gasteiger partial charge in [-0.2, -0.15) is 0 Å². The molecule has 0 aromatic carbocycles.